The molecule has 2 aromatic rings. The number of aromatic nitrogens is 2. The van der Waals surface area contributed by atoms with E-state index in [0.717, 1.165) is 0 Å². The molecule has 3 rings (SSSR count). The molecule has 1 aliphatic carbocycles. The number of benzene rings is 1. The monoisotopic (exact) mass is 339 g/mol. The third kappa shape index (κ3) is 1.71. The molecule has 0 amide bonds. The number of nitro benzene ring substituents is 1. The number of nitrogens with zero attached hydrogens (tertiary/aromatic N) is 3. The normalized spacial score (nSPS) is 16.1. The first-order chi connectivity index (χ1) is 9.49. The summed E-state index contributed by atoms with van der Waals surface area (Å²) in [5.74, 6) is -0.417. The van der Waals surface area contributed by atoms with Gasteiger partial charge < -0.3 is 4.74 Å². The van der Waals surface area contributed by atoms with Crippen LogP contribution in [0, 0.1) is 10.1 Å². The molecule has 0 saturated heterocycles. The number of carbonyl (C=O) groups excluding carboxylic acids is 1. The van der Waals surface area contributed by atoms with E-state index in [2.05, 4.69) is 21.0 Å². The Balaban J connectivity index is 2.29. The Morgan fingerprint density at radius 3 is 2.80 bits per heavy atom. The Kier molecular flexibility index (Phi) is 2.79. The van der Waals surface area contributed by atoms with E-state index in [0.29, 0.717) is 28.2 Å². The van der Waals surface area contributed by atoms with Crippen LogP contribution in [0.25, 0.3) is 10.9 Å². The maximum Gasteiger partial charge on any atom is 0.333 e. The van der Waals surface area contributed by atoms with Crippen molar-refractivity contribution in [3.8, 4) is 0 Å². The molecule has 0 bridgehead atoms. The summed E-state index contributed by atoms with van der Waals surface area (Å²) >= 11 is 3.24. The second-order valence-corrected chi connectivity index (χ2v) is 5.62. The molecule has 0 N–H and O–H groups in total. The van der Waals surface area contributed by atoms with Crippen LogP contribution in [0.2, 0.25) is 0 Å². The third-order valence-corrected chi connectivity index (χ3v) is 3.96. The van der Waals surface area contributed by atoms with Gasteiger partial charge in [-0.1, -0.05) is 15.9 Å². The molecule has 1 fully saturated rings. The lowest BCUT2D eigenvalue weighted by molar-refractivity contribution is -0.383. The van der Waals surface area contributed by atoms with Crippen LogP contribution in [0.5, 0.6) is 0 Å². The quantitative estimate of drug-likeness (QED) is 0.486. The van der Waals surface area contributed by atoms with E-state index in [1.807, 2.05) is 0 Å². The lowest BCUT2D eigenvalue weighted by Crippen LogP contribution is -2.30. The largest absolute Gasteiger partial charge is 0.467 e. The van der Waals surface area contributed by atoms with Gasteiger partial charge in [0, 0.05) is 15.9 Å². The molecule has 0 radical (unpaired) electrons. The van der Waals surface area contributed by atoms with Crippen LogP contribution in [0.15, 0.2) is 22.8 Å². The highest BCUT2D eigenvalue weighted by Gasteiger charge is 2.55. The zero-order valence-electron chi connectivity index (χ0n) is 10.5. The highest BCUT2D eigenvalue weighted by Crippen LogP contribution is 2.47. The Bertz CT molecular complexity index is 736. The molecule has 8 heteroatoms. The minimum atomic E-state index is -0.894. The van der Waals surface area contributed by atoms with E-state index in [4.69, 9.17) is 4.74 Å². The van der Waals surface area contributed by atoms with Gasteiger partial charge in [-0.2, -0.15) is 5.10 Å². The van der Waals surface area contributed by atoms with Gasteiger partial charge in [0.25, 0.3) is 5.69 Å². The number of carbonyl (C=O) groups is 1. The lowest BCUT2D eigenvalue weighted by Gasteiger charge is -2.14. The van der Waals surface area contributed by atoms with Crippen LogP contribution in [0.1, 0.15) is 12.8 Å². The average Bonchev–Trinajstić information content (AvgIpc) is 3.11. The van der Waals surface area contributed by atoms with Crippen molar-refractivity contribution in [2.45, 2.75) is 18.4 Å². The van der Waals surface area contributed by atoms with Crippen molar-refractivity contribution in [2.75, 3.05) is 7.11 Å². The number of rotatable bonds is 3. The van der Waals surface area contributed by atoms with Crippen LogP contribution in [0.3, 0.4) is 0 Å². The first-order valence-corrected chi connectivity index (χ1v) is 6.69. The van der Waals surface area contributed by atoms with E-state index < -0.39 is 16.4 Å². The molecule has 0 atom stereocenters. The average molecular weight is 340 g/mol. The highest BCUT2D eigenvalue weighted by molar-refractivity contribution is 9.10. The van der Waals surface area contributed by atoms with E-state index in [-0.39, 0.29) is 5.69 Å². The van der Waals surface area contributed by atoms with Crippen molar-refractivity contribution in [2.24, 2.45) is 0 Å². The number of non-ortho nitro benzene ring substituents is 1. The molecule has 104 valence electrons. The van der Waals surface area contributed by atoms with Gasteiger partial charge in [-0.05, 0) is 18.9 Å². The van der Waals surface area contributed by atoms with Gasteiger partial charge in [0.2, 0.25) is 0 Å². The number of methoxy groups -OCH3 is 1. The summed E-state index contributed by atoms with van der Waals surface area (Å²) in [6.45, 7) is 0. The van der Waals surface area contributed by atoms with Gasteiger partial charge >= 0.3 is 5.97 Å². The molecule has 0 unspecified atom stereocenters. The molecule has 1 aliphatic rings. The van der Waals surface area contributed by atoms with Crippen LogP contribution in [0.4, 0.5) is 5.69 Å². The molecule has 1 saturated carbocycles. The Morgan fingerprint density at radius 1 is 1.55 bits per heavy atom. The predicted molar refractivity (Wildman–Crippen MR) is 73.3 cm³/mol. The fourth-order valence-corrected chi connectivity index (χ4v) is 2.85. The lowest BCUT2D eigenvalue weighted by atomic mass is 10.2. The Labute approximate surface area is 121 Å². The van der Waals surface area contributed by atoms with Crippen molar-refractivity contribution < 1.29 is 14.5 Å². The molecule has 1 aromatic carbocycles. The standard InChI is InChI=1S/C12H10BrN3O4/c1-20-11(17)12(2-3-12)15-10-7(6-14-15)4-8(13)5-9(10)16(18)19/h4-6H,2-3H2,1H3. The molecular formula is C12H10BrN3O4. The minimum Gasteiger partial charge on any atom is -0.467 e. The molecule has 1 heterocycles. The van der Waals surface area contributed by atoms with Crippen molar-refractivity contribution in [3.63, 3.8) is 0 Å². The highest BCUT2D eigenvalue weighted by atomic mass is 79.9. The first-order valence-electron chi connectivity index (χ1n) is 5.90. The molecule has 0 aliphatic heterocycles. The van der Waals surface area contributed by atoms with Gasteiger partial charge in [-0.25, -0.2) is 9.48 Å². The van der Waals surface area contributed by atoms with E-state index in [1.54, 1.807) is 6.07 Å². The summed E-state index contributed by atoms with van der Waals surface area (Å²) in [6, 6.07) is 3.15. The van der Waals surface area contributed by atoms with Gasteiger partial charge in [0.05, 0.1) is 18.2 Å². The van der Waals surface area contributed by atoms with Gasteiger partial charge in [0.15, 0.2) is 5.54 Å². The van der Waals surface area contributed by atoms with Crippen LogP contribution < -0.4 is 0 Å². The molecule has 0 spiro atoms. The van der Waals surface area contributed by atoms with E-state index in [1.165, 1.54) is 24.1 Å². The number of fused-ring (bicyclic) bond motifs is 1. The molecular weight excluding hydrogens is 330 g/mol. The summed E-state index contributed by atoms with van der Waals surface area (Å²) in [5, 5.41) is 16.0. The summed E-state index contributed by atoms with van der Waals surface area (Å²) in [6.07, 6.45) is 2.67. The van der Waals surface area contributed by atoms with Crippen LogP contribution in [-0.2, 0) is 15.1 Å². The van der Waals surface area contributed by atoms with Crippen LogP contribution >= 0.6 is 15.9 Å². The summed E-state index contributed by atoms with van der Waals surface area (Å²) in [5.41, 5.74) is -0.627. The number of hydrogen-bond acceptors (Lipinski definition) is 5. The number of hydrogen-bond donors (Lipinski definition) is 0. The fourth-order valence-electron chi connectivity index (χ4n) is 2.39. The van der Waals surface area contributed by atoms with Crippen molar-refractivity contribution in [1.29, 1.82) is 0 Å². The third-order valence-electron chi connectivity index (χ3n) is 3.50. The predicted octanol–water partition coefficient (Wildman–Crippen LogP) is 2.37. The second kappa shape index (κ2) is 4.27. The zero-order valence-corrected chi connectivity index (χ0v) is 12.1. The van der Waals surface area contributed by atoms with Crippen LogP contribution in [-0.4, -0.2) is 27.8 Å². The maximum absolute atomic E-state index is 11.9. The smallest absolute Gasteiger partial charge is 0.333 e. The van der Waals surface area contributed by atoms with E-state index >= 15 is 0 Å². The summed E-state index contributed by atoms with van der Waals surface area (Å²) in [4.78, 5) is 22.7. The van der Waals surface area contributed by atoms with Crippen molar-refractivity contribution in [1.82, 2.24) is 9.78 Å². The SMILES string of the molecule is COC(=O)C1(n2ncc3cc(Br)cc([N+](=O)[O-])c32)CC1. The first kappa shape index (κ1) is 13.0. The summed E-state index contributed by atoms with van der Waals surface area (Å²) in [7, 11) is 1.30. The number of ether oxygens (including phenoxy) is 1. The van der Waals surface area contributed by atoms with Crippen molar-refractivity contribution >= 4 is 38.5 Å². The zero-order chi connectivity index (χ0) is 14.5. The molecule has 1 aromatic heterocycles. The van der Waals surface area contributed by atoms with Gasteiger partial charge in [0.1, 0.15) is 5.52 Å². The molecule has 20 heavy (non-hydrogen) atoms. The fraction of sp³-hybridized carbons (Fsp3) is 0.333. The Hall–Kier alpha value is -1.96. The van der Waals surface area contributed by atoms with Gasteiger partial charge in [-0.15, -0.1) is 0 Å². The maximum atomic E-state index is 11.9. The van der Waals surface area contributed by atoms with Crippen molar-refractivity contribution in [3.05, 3.63) is 32.9 Å². The minimum absolute atomic E-state index is 0.0814. The topological polar surface area (TPSA) is 87.3 Å². The number of esters is 1. The number of nitro groups is 1. The molecule has 7 nitrogen and oxygen atoms in total. The summed E-state index contributed by atoms with van der Waals surface area (Å²) < 4.78 is 6.82. The number of halogens is 1. The van der Waals surface area contributed by atoms with E-state index in [9.17, 15) is 14.9 Å². The van der Waals surface area contributed by atoms with Gasteiger partial charge in [-0.3, -0.25) is 10.1 Å². The Morgan fingerprint density at radius 2 is 2.25 bits per heavy atom. The second-order valence-electron chi connectivity index (χ2n) is 4.70.